The fourth-order valence-electron chi connectivity index (χ4n) is 2.96. The molecule has 0 aliphatic carbocycles. The lowest BCUT2D eigenvalue weighted by Crippen LogP contribution is -2.19. The third-order valence-corrected chi connectivity index (χ3v) is 4.45. The average molecular weight is 424 g/mol. The predicted molar refractivity (Wildman–Crippen MR) is 109 cm³/mol. The Kier molecular flexibility index (Phi) is 5.92. The van der Waals surface area contributed by atoms with Crippen LogP contribution in [0.3, 0.4) is 0 Å². The summed E-state index contributed by atoms with van der Waals surface area (Å²) in [6.07, 6.45) is 1.37. The van der Waals surface area contributed by atoms with Crippen LogP contribution < -0.4 is 10.6 Å². The summed E-state index contributed by atoms with van der Waals surface area (Å²) in [7, 11) is 0. The Bertz CT molecular complexity index is 1240. The summed E-state index contributed by atoms with van der Waals surface area (Å²) in [5.74, 6) is -2.06. The highest BCUT2D eigenvalue weighted by Gasteiger charge is 2.15. The number of rotatable bonds is 7. The van der Waals surface area contributed by atoms with E-state index in [-0.39, 0.29) is 12.3 Å². The summed E-state index contributed by atoms with van der Waals surface area (Å²) in [5, 5.41) is 18.9. The number of aliphatic hydroxyl groups is 1. The van der Waals surface area contributed by atoms with Gasteiger partial charge in [-0.25, -0.2) is 23.3 Å². The number of halogens is 2. The normalized spacial score (nSPS) is 11.1. The summed E-state index contributed by atoms with van der Waals surface area (Å²) in [6, 6.07) is 11.9. The molecule has 0 radical (unpaired) electrons. The molecule has 4 aromatic rings. The zero-order valence-electron chi connectivity index (χ0n) is 16.2. The average Bonchev–Trinajstić information content (AvgIpc) is 3.19. The van der Waals surface area contributed by atoms with E-state index < -0.39 is 17.5 Å². The van der Waals surface area contributed by atoms with Crippen LogP contribution in [-0.2, 0) is 6.54 Å². The van der Waals surface area contributed by atoms with Gasteiger partial charge >= 0.3 is 0 Å². The highest BCUT2D eigenvalue weighted by Crippen LogP contribution is 2.20. The third-order valence-electron chi connectivity index (χ3n) is 4.45. The summed E-state index contributed by atoms with van der Waals surface area (Å²) in [6.45, 7) is 0.898. The van der Waals surface area contributed by atoms with Crippen LogP contribution in [0.1, 0.15) is 16.2 Å². The molecule has 3 heterocycles. The Morgan fingerprint density at radius 2 is 1.97 bits per heavy atom. The SMILES string of the molecule is O=C(Nc1cccc(CNCCO)n1)c1cnc2ccc(-c3ccc(F)c(F)c3)nn12. The number of hydrogen-bond acceptors (Lipinski definition) is 6. The smallest absolute Gasteiger partial charge is 0.277 e. The molecule has 0 atom stereocenters. The second-order valence-electron chi connectivity index (χ2n) is 6.63. The van der Waals surface area contributed by atoms with E-state index in [9.17, 15) is 13.6 Å². The van der Waals surface area contributed by atoms with Crippen LogP contribution >= 0.6 is 0 Å². The van der Waals surface area contributed by atoms with Crippen molar-refractivity contribution in [3.63, 3.8) is 0 Å². The Morgan fingerprint density at radius 1 is 1.10 bits per heavy atom. The molecule has 0 aliphatic heterocycles. The van der Waals surface area contributed by atoms with Crippen molar-refractivity contribution in [2.24, 2.45) is 0 Å². The molecular formula is C21H18F2N6O2. The van der Waals surface area contributed by atoms with Crippen molar-refractivity contribution < 1.29 is 18.7 Å². The van der Waals surface area contributed by atoms with Crippen LogP contribution in [0.25, 0.3) is 16.9 Å². The van der Waals surface area contributed by atoms with E-state index in [1.165, 1.54) is 16.8 Å². The number of nitrogens with zero attached hydrogens (tertiary/aromatic N) is 4. The number of pyridine rings is 1. The number of fused-ring (bicyclic) bond motifs is 1. The first kappa shape index (κ1) is 20.5. The summed E-state index contributed by atoms with van der Waals surface area (Å²) < 4.78 is 28.1. The minimum Gasteiger partial charge on any atom is -0.395 e. The molecule has 1 amide bonds. The predicted octanol–water partition coefficient (Wildman–Crippen LogP) is 2.40. The number of aromatic nitrogens is 4. The molecule has 1 aromatic carbocycles. The minimum atomic E-state index is -0.984. The molecule has 0 spiro atoms. The second kappa shape index (κ2) is 8.94. The van der Waals surface area contributed by atoms with Gasteiger partial charge in [0.1, 0.15) is 5.82 Å². The fraction of sp³-hybridized carbons (Fsp3) is 0.143. The molecule has 4 rings (SSSR count). The molecule has 0 fully saturated rings. The zero-order chi connectivity index (χ0) is 21.8. The fourth-order valence-corrected chi connectivity index (χ4v) is 2.96. The number of carbonyl (C=O) groups is 1. The lowest BCUT2D eigenvalue weighted by Gasteiger charge is -2.08. The van der Waals surface area contributed by atoms with E-state index >= 15 is 0 Å². The van der Waals surface area contributed by atoms with Crippen molar-refractivity contribution in [2.45, 2.75) is 6.54 Å². The highest BCUT2D eigenvalue weighted by molar-refractivity contribution is 6.02. The first-order valence-corrected chi connectivity index (χ1v) is 9.44. The number of aliphatic hydroxyl groups excluding tert-OH is 1. The molecule has 158 valence electrons. The molecule has 3 N–H and O–H groups in total. The standard InChI is InChI=1S/C21H18F2N6O2/c22-15-5-4-13(10-16(15)23)17-6-7-20-25-12-18(29(20)28-17)21(31)27-19-3-1-2-14(26-19)11-24-8-9-30/h1-7,10,12,24,30H,8-9,11H2,(H,26,27,31). The van der Waals surface area contributed by atoms with Gasteiger partial charge in [0.25, 0.3) is 5.91 Å². The van der Waals surface area contributed by atoms with Crippen LogP contribution in [0.4, 0.5) is 14.6 Å². The van der Waals surface area contributed by atoms with E-state index in [1.807, 2.05) is 0 Å². The Labute approximate surface area is 175 Å². The second-order valence-corrected chi connectivity index (χ2v) is 6.63. The number of anilines is 1. The van der Waals surface area contributed by atoms with Gasteiger partial charge in [-0.1, -0.05) is 6.07 Å². The monoisotopic (exact) mass is 424 g/mol. The van der Waals surface area contributed by atoms with Crippen molar-refractivity contribution in [1.29, 1.82) is 0 Å². The molecule has 0 aliphatic rings. The first-order chi connectivity index (χ1) is 15.0. The Morgan fingerprint density at radius 3 is 2.77 bits per heavy atom. The van der Waals surface area contributed by atoms with Gasteiger partial charge in [0.15, 0.2) is 23.0 Å². The lowest BCUT2D eigenvalue weighted by atomic mass is 10.1. The maximum absolute atomic E-state index is 13.6. The minimum absolute atomic E-state index is 0.0181. The summed E-state index contributed by atoms with van der Waals surface area (Å²) in [5.41, 5.74) is 2.00. The molecule has 3 aromatic heterocycles. The number of nitrogens with one attached hydrogen (secondary N) is 2. The van der Waals surface area contributed by atoms with Gasteiger partial charge in [-0.3, -0.25) is 4.79 Å². The highest BCUT2D eigenvalue weighted by atomic mass is 19.2. The van der Waals surface area contributed by atoms with Crippen LogP contribution in [-0.4, -0.2) is 43.7 Å². The Balaban J connectivity index is 1.58. The maximum atomic E-state index is 13.6. The quantitative estimate of drug-likeness (QED) is 0.394. The maximum Gasteiger partial charge on any atom is 0.277 e. The number of benzene rings is 1. The number of carbonyl (C=O) groups excluding carboxylic acids is 1. The summed E-state index contributed by atoms with van der Waals surface area (Å²) in [4.78, 5) is 21.3. The number of imidazole rings is 1. The molecule has 10 heteroatoms. The largest absolute Gasteiger partial charge is 0.395 e. The van der Waals surface area contributed by atoms with Crippen LogP contribution in [0.2, 0.25) is 0 Å². The van der Waals surface area contributed by atoms with E-state index in [1.54, 1.807) is 30.3 Å². The lowest BCUT2D eigenvalue weighted by molar-refractivity contribution is 0.102. The van der Waals surface area contributed by atoms with E-state index in [4.69, 9.17) is 5.11 Å². The van der Waals surface area contributed by atoms with Crippen molar-refractivity contribution in [2.75, 3.05) is 18.5 Å². The van der Waals surface area contributed by atoms with Gasteiger partial charge in [0.05, 0.1) is 24.2 Å². The first-order valence-electron chi connectivity index (χ1n) is 9.44. The molecule has 8 nitrogen and oxygen atoms in total. The molecule has 0 bridgehead atoms. The third kappa shape index (κ3) is 4.55. The van der Waals surface area contributed by atoms with Crippen molar-refractivity contribution in [1.82, 2.24) is 24.9 Å². The van der Waals surface area contributed by atoms with Gasteiger partial charge in [0, 0.05) is 18.7 Å². The van der Waals surface area contributed by atoms with E-state index in [0.717, 1.165) is 12.1 Å². The van der Waals surface area contributed by atoms with Gasteiger partial charge in [0.2, 0.25) is 0 Å². The van der Waals surface area contributed by atoms with Gasteiger partial charge in [-0.15, -0.1) is 0 Å². The number of hydrogen-bond donors (Lipinski definition) is 3. The number of amides is 1. The molecule has 0 saturated carbocycles. The van der Waals surface area contributed by atoms with Crippen molar-refractivity contribution in [3.8, 4) is 11.3 Å². The zero-order valence-corrected chi connectivity index (χ0v) is 16.2. The summed E-state index contributed by atoms with van der Waals surface area (Å²) >= 11 is 0. The van der Waals surface area contributed by atoms with Crippen molar-refractivity contribution >= 4 is 17.4 Å². The molecule has 31 heavy (non-hydrogen) atoms. The van der Waals surface area contributed by atoms with Gasteiger partial charge in [-0.2, -0.15) is 5.10 Å². The van der Waals surface area contributed by atoms with E-state index in [2.05, 4.69) is 25.7 Å². The van der Waals surface area contributed by atoms with Gasteiger partial charge < -0.3 is 15.7 Å². The molecular weight excluding hydrogens is 406 g/mol. The van der Waals surface area contributed by atoms with Gasteiger partial charge in [-0.05, 0) is 42.5 Å². The molecule has 0 saturated heterocycles. The topological polar surface area (TPSA) is 104 Å². The Hall–Kier alpha value is -3.76. The van der Waals surface area contributed by atoms with Crippen molar-refractivity contribution in [3.05, 3.63) is 77.8 Å². The molecule has 0 unspecified atom stereocenters. The van der Waals surface area contributed by atoms with Crippen LogP contribution in [0.5, 0.6) is 0 Å². The van der Waals surface area contributed by atoms with Crippen LogP contribution in [0.15, 0.2) is 54.7 Å². The van der Waals surface area contributed by atoms with Crippen LogP contribution in [0, 0.1) is 11.6 Å². The van der Waals surface area contributed by atoms with E-state index in [0.29, 0.717) is 41.5 Å².